The summed E-state index contributed by atoms with van der Waals surface area (Å²) in [6.07, 6.45) is 1.63. The third-order valence-electron chi connectivity index (χ3n) is 3.11. The zero-order valence-corrected chi connectivity index (χ0v) is 12.2. The summed E-state index contributed by atoms with van der Waals surface area (Å²) in [5.41, 5.74) is 0. The van der Waals surface area contributed by atoms with Crippen molar-refractivity contribution in [3.05, 3.63) is 11.6 Å². The van der Waals surface area contributed by atoms with Gasteiger partial charge in [0.15, 0.2) is 0 Å². The Balaban J connectivity index is 2.09. The Morgan fingerprint density at radius 3 is 3.05 bits per heavy atom. The molecule has 110 valence electrons. The minimum Gasteiger partial charge on any atom is -0.481 e. The number of carbonyl (C=O) groups excluding carboxylic acids is 1. The lowest BCUT2D eigenvalue weighted by molar-refractivity contribution is -0.138. The van der Waals surface area contributed by atoms with Crippen LogP contribution in [0.3, 0.4) is 0 Å². The Labute approximate surface area is 121 Å². The minimum atomic E-state index is -0.892. The van der Waals surface area contributed by atoms with Gasteiger partial charge in [-0.25, -0.2) is 4.98 Å². The number of amides is 1. The molecule has 1 aliphatic rings. The smallest absolute Gasteiger partial charge is 0.305 e. The summed E-state index contributed by atoms with van der Waals surface area (Å²) < 4.78 is 0. The molecule has 1 amide bonds. The number of aromatic amines is 1. The average molecular weight is 298 g/mol. The molecular formula is C12H18N4O3S. The molecule has 0 bridgehead atoms. The first-order chi connectivity index (χ1) is 9.61. The van der Waals surface area contributed by atoms with E-state index < -0.39 is 5.97 Å². The monoisotopic (exact) mass is 298 g/mol. The fraction of sp³-hybridized carbons (Fsp3) is 0.667. The zero-order chi connectivity index (χ0) is 14.5. The van der Waals surface area contributed by atoms with E-state index in [1.165, 1.54) is 0 Å². The summed E-state index contributed by atoms with van der Waals surface area (Å²) in [5, 5.41) is 15.6. The summed E-state index contributed by atoms with van der Waals surface area (Å²) in [4.78, 5) is 29.0. The molecule has 2 rings (SSSR count). The molecule has 0 radical (unpaired) electrons. The molecule has 0 aliphatic carbocycles. The summed E-state index contributed by atoms with van der Waals surface area (Å²) in [7, 11) is 0. The van der Waals surface area contributed by atoms with Crippen LogP contribution < -0.4 is 0 Å². The van der Waals surface area contributed by atoms with E-state index in [0.29, 0.717) is 18.1 Å². The number of carboxylic acid groups (broad SMARTS) is 1. The van der Waals surface area contributed by atoms with Crippen molar-refractivity contribution >= 4 is 23.6 Å². The maximum absolute atomic E-state index is 12.4. The van der Waals surface area contributed by atoms with Crippen LogP contribution in [0, 0.1) is 0 Å². The molecule has 7 nitrogen and oxygen atoms in total. The molecule has 0 aromatic carbocycles. The second-order valence-corrected chi connectivity index (χ2v) is 5.83. The third kappa shape index (κ3) is 3.50. The molecule has 20 heavy (non-hydrogen) atoms. The van der Waals surface area contributed by atoms with Crippen molar-refractivity contribution in [1.82, 2.24) is 20.1 Å². The van der Waals surface area contributed by atoms with E-state index in [4.69, 9.17) is 5.11 Å². The first-order valence-electron chi connectivity index (χ1n) is 6.63. The Kier molecular flexibility index (Phi) is 4.99. The van der Waals surface area contributed by atoms with Crippen molar-refractivity contribution in [2.24, 2.45) is 0 Å². The van der Waals surface area contributed by atoms with E-state index in [1.807, 2.05) is 6.92 Å². The largest absolute Gasteiger partial charge is 0.481 e. The maximum atomic E-state index is 12.4. The maximum Gasteiger partial charge on any atom is 0.305 e. The lowest BCUT2D eigenvalue weighted by Gasteiger charge is -2.33. The van der Waals surface area contributed by atoms with Gasteiger partial charge in [0.1, 0.15) is 5.82 Å². The standard InChI is InChI=1S/C12H18N4O3S/c1-2-3-9-13-11(15-14-9)12(19)16-4-5-20-7-8(16)6-10(17)18/h8H,2-7H2,1H3,(H,17,18)(H,13,14,15). The van der Waals surface area contributed by atoms with E-state index in [-0.39, 0.29) is 24.2 Å². The van der Waals surface area contributed by atoms with E-state index in [0.717, 1.165) is 18.6 Å². The van der Waals surface area contributed by atoms with Crippen LogP contribution in [0.2, 0.25) is 0 Å². The molecule has 1 aromatic rings. The molecule has 0 spiro atoms. The minimum absolute atomic E-state index is 0.0367. The highest BCUT2D eigenvalue weighted by molar-refractivity contribution is 7.99. The van der Waals surface area contributed by atoms with Crippen molar-refractivity contribution in [3.8, 4) is 0 Å². The van der Waals surface area contributed by atoms with Gasteiger partial charge in [0.2, 0.25) is 5.82 Å². The quantitative estimate of drug-likeness (QED) is 0.833. The second kappa shape index (κ2) is 6.74. The number of aromatic nitrogens is 3. The third-order valence-corrected chi connectivity index (χ3v) is 4.20. The van der Waals surface area contributed by atoms with Crippen LogP contribution in [-0.2, 0) is 11.2 Å². The highest BCUT2D eigenvalue weighted by Gasteiger charge is 2.31. The highest BCUT2D eigenvalue weighted by atomic mass is 32.2. The Hall–Kier alpha value is -1.57. The van der Waals surface area contributed by atoms with Crippen LogP contribution >= 0.6 is 11.8 Å². The van der Waals surface area contributed by atoms with E-state index in [9.17, 15) is 9.59 Å². The van der Waals surface area contributed by atoms with Gasteiger partial charge in [0.05, 0.1) is 12.5 Å². The normalized spacial score (nSPS) is 19.1. The van der Waals surface area contributed by atoms with Gasteiger partial charge in [-0.05, 0) is 6.42 Å². The summed E-state index contributed by atoms with van der Waals surface area (Å²) in [6, 6.07) is -0.285. The van der Waals surface area contributed by atoms with Crippen LogP contribution in [0.4, 0.5) is 0 Å². The first kappa shape index (κ1) is 14.8. The number of nitrogens with one attached hydrogen (secondary N) is 1. The molecule has 8 heteroatoms. The Morgan fingerprint density at radius 1 is 1.55 bits per heavy atom. The van der Waals surface area contributed by atoms with Crippen molar-refractivity contribution in [1.29, 1.82) is 0 Å². The fourth-order valence-corrected chi connectivity index (χ4v) is 3.22. The van der Waals surface area contributed by atoms with Gasteiger partial charge in [-0.3, -0.25) is 14.7 Å². The van der Waals surface area contributed by atoms with Gasteiger partial charge in [-0.2, -0.15) is 11.8 Å². The number of hydrogen-bond donors (Lipinski definition) is 2. The first-order valence-corrected chi connectivity index (χ1v) is 7.79. The predicted octanol–water partition coefficient (Wildman–Crippen LogP) is 0.789. The van der Waals surface area contributed by atoms with Crippen LogP contribution in [0.15, 0.2) is 0 Å². The molecule has 1 aromatic heterocycles. The molecule has 1 aliphatic heterocycles. The molecule has 1 saturated heterocycles. The van der Waals surface area contributed by atoms with Crippen molar-refractivity contribution in [3.63, 3.8) is 0 Å². The number of thioether (sulfide) groups is 1. The van der Waals surface area contributed by atoms with Gasteiger partial charge < -0.3 is 10.0 Å². The Bertz CT molecular complexity index is 491. The van der Waals surface area contributed by atoms with Gasteiger partial charge in [0, 0.05) is 24.5 Å². The summed E-state index contributed by atoms with van der Waals surface area (Å²) in [5.74, 6) is 1.11. The van der Waals surface area contributed by atoms with Crippen molar-refractivity contribution in [2.45, 2.75) is 32.2 Å². The van der Waals surface area contributed by atoms with Gasteiger partial charge >= 0.3 is 5.97 Å². The zero-order valence-electron chi connectivity index (χ0n) is 11.3. The lowest BCUT2D eigenvalue weighted by Crippen LogP contribution is -2.47. The van der Waals surface area contributed by atoms with Gasteiger partial charge in [0.25, 0.3) is 5.91 Å². The average Bonchev–Trinajstić information content (AvgIpc) is 2.87. The Morgan fingerprint density at radius 2 is 2.35 bits per heavy atom. The number of aryl methyl sites for hydroxylation is 1. The van der Waals surface area contributed by atoms with Crippen molar-refractivity contribution in [2.75, 3.05) is 18.1 Å². The van der Waals surface area contributed by atoms with Gasteiger partial charge in [-0.15, -0.1) is 5.10 Å². The van der Waals surface area contributed by atoms with Crippen LogP contribution in [0.1, 0.15) is 36.2 Å². The number of hydrogen-bond acceptors (Lipinski definition) is 5. The highest BCUT2D eigenvalue weighted by Crippen LogP contribution is 2.20. The van der Waals surface area contributed by atoms with E-state index in [2.05, 4.69) is 15.2 Å². The predicted molar refractivity (Wildman–Crippen MR) is 74.8 cm³/mol. The van der Waals surface area contributed by atoms with E-state index in [1.54, 1.807) is 16.7 Å². The van der Waals surface area contributed by atoms with Crippen LogP contribution in [0.5, 0.6) is 0 Å². The number of nitrogens with zero attached hydrogens (tertiary/aromatic N) is 3. The molecule has 0 saturated carbocycles. The fourth-order valence-electron chi connectivity index (χ4n) is 2.16. The number of rotatable bonds is 5. The summed E-state index contributed by atoms with van der Waals surface area (Å²) in [6.45, 7) is 2.56. The SMILES string of the molecule is CCCc1nc(C(=O)N2CCSCC2CC(=O)O)n[nH]1. The van der Waals surface area contributed by atoms with Crippen LogP contribution in [0.25, 0.3) is 0 Å². The lowest BCUT2D eigenvalue weighted by atomic mass is 10.2. The molecule has 1 unspecified atom stereocenters. The van der Waals surface area contributed by atoms with E-state index >= 15 is 0 Å². The molecular weight excluding hydrogens is 280 g/mol. The number of H-pyrrole nitrogens is 1. The number of carbonyl (C=O) groups is 2. The number of aliphatic carboxylic acids is 1. The van der Waals surface area contributed by atoms with Crippen molar-refractivity contribution < 1.29 is 14.7 Å². The molecule has 1 atom stereocenters. The van der Waals surface area contributed by atoms with Gasteiger partial charge in [-0.1, -0.05) is 6.92 Å². The number of carboxylic acids is 1. The topological polar surface area (TPSA) is 99.2 Å². The summed E-state index contributed by atoms with van der Waals surface area (Å²) >= 11 is 1.67. The second-order valence-electron chi connectivity index (χ2n) is 4.68. The molecule has 1 fully saturated rings. The molecule has 2 N–H and O–H groups in total. The van der Waals surface area contributed by atoms with Crippen LogP contribution in [-0.4, -0.2) is 61.2 Å². The molecule has 2 heterocycles.